The number of rotatable bonds is 3. The lowest BCUT2D eigenvalue weighted by atomic mass is 10.1. The second-order valence-corrected chi connectivity index (χ2v) is 4.19. The van der Waals surface area contributed by atoms with Crippen LogP contribution >= 0.6 is 11.8 Å². The van der Waals surface area contributed by atoms with Gasteiger partial charge >= 0.3 is 0 Å². The smallest absolute Gasteiger partial charge is 0.130 e. The SMILES string of the molecule is CCSc1nnc(C)c(C)c1C(=N)N. The largest absolute Gasteiger partial charge is 0.384 e. The van der Waals surface area contributed by atoms with Crippen LogP contribution in [-0.2, 0) is 0 Å². The molecule has 1 aromatic heterocycles. The van der Waals surface area contributed by atoms with Gasteiger partial charge in [-0.3, -0.25) is 5.41 Å². The number of nitrogens with one attached hydrogen (secondary N) is 1. The maximum atomic E-state index is 7.49. The molecule has 0 fully saturated rings. The molecule has 0 aliphatic rings. The number of nitrogen functional groups attached to an aromatic ring is 1. The molecule has 14 heavy (non-hydrogen) atoms. The van der Waals surface area contributed by atoms with Crippen molar-refractivity contribution in [3.05, 3.63) is 16.8 Å². The van der Waals surface area contributed by atoms with E-state index in [9.17, 15) is 0 Å². The fraction of sp³-hybridized carbons (Fsp3) is 0.444. The van der Waals surface area contributed by atoms with Crippen LogP contribution in [0.3, 0.4) is 0 Å². The Bertz CT molecular complexity index is 362. The summed E-state index contributed by atoms with van der Waals surface area (Å²) in [6, 6.07) is 0. The quantitative estimate of drug-likeness (QED) is 0.450. The number of hydrogen-bond acceptors (Lipinski definition) is 4. The van der Waals surface area contributed by atoms with Gasteiger partial charge in [0.1, 0.15) is 10.9 Å². The predicted molar refractivity (Wildman–Crippen MR) is 58.9 cm³/mol. The van der Waals surface area contributed by atoms with E-state index in [0.717, 1.165) is 27.6 Å². The molecule has 1 aromatic rings. The van der Waals surface area contributed by atoms with E-state index in [4.69, 9.17) is 11.1 Å². The molecule has 0 unspecified atom stereocenters. The Labute approximate surface area is 87.8 Å². The van der Waals surface area contributed by atoms with Crippen LogP contribution in [0.25, 0.3) is 0 Å². The van der Waals surface area contributed by atoms with Crippen LogP contribution in [0.2, 0.25) is 0 Å². The molecule has 0 saturated heterocycles. The first kappa shape index (κ1) is 11.0. The van der Waals surface area contributed by atoms with Crippen LogP contribution < -0.4 is 5.73 Å². The molecule has 5 heteroatoms. The predicted octanol–water partition coefficient (Wildman–Crippen LogP) is 1.49. The van der Waals surface area contributed by atoms with E-state index in [1.54, 1.807) is 11.8 Å². The highest BCUT2D eigenvalue weighted by molar-refractivity contribution is 7.99. The molecule has 0 bridgehead atoms. The number of nitrogens with zero attached hydrogens (tertiary/aromatic N) is 2. The minimum Gasteiger partial charge on any atom is -0.384 e. The zero-order valence-corrected chi connectivity index (χ0v) is 9.40. The summed E-state index contributed by atoms with van der Waals surface area (Å²) in [6.07, 6.45) is 0. The highest BCUT2D eigenvalue weighted by Gasteiger charge is 2.13. The zero-order chi connectivity index (χ0) is 10.7. The van der Waals surface area contributed by atoms with Gasteiger partial charge in [0.15, 0.2) is 0 Å². The number of nitrogens with two attached hydrogens (primary N) is 1. The summed E-state index contributed by atoms with van der Waals surface area (Å²) < 4.78 is 0. The molecule has 0 saturated carbocycles. The van der Waals surface area contributed by atoms with Gasteiger partial charge in [-0.15, -0.1) is 16.9 Å². The van der Waals surface area contributed by atoms with E-state index in [-0.39, 0.29) is 5.84 Å². The zero-order valence-electron chi connectivity index (χ0n) is 8.59. The fourth-order valence-electron chi connectivity index (χ4n) is 1.14. The first-order chi connectivity index (χ1) is 6.57. The van der Waals surface area contributed by atoms with Crippen LogP contribution in [0.4, 0.5) is 0 Å². The Balaban J connectivity index is 3.30. The standard InChI is InChI=1S/C9H14N4S/c1-4-14-9-7(8(10)11)5(2)6(3)12-13-9/h4H2,1-3H3,(H3,10,11). The van der Waals surface area contributed by atoms with Crippen molar-refractivity contribution >= 4 is 17.6 Å². The molecule has 0 aliphatic heterocycles. The molecule has 0 atom stereocenters. The molecule has 0 aromatic carbocycles. The minimum atomic E-state index is 0.0662. The third-order valence-electron chi connectivity index (χ3n) is 1.97. The van der Waals surface area contributed by atoms with Crippen molar-refractivity contribution in [2.75, 3.05) is 5.75 Å². The minimum absolute atomic E-state index is 0.0662. The van der Waals surface area contributed by atoms with Crippen LogP contribution in [0.1, 0.15) is 23.7 Å². The summed E-state index contributed by atoms with van der Waals surface area (Å²) in [4.78, 5) is 0. The molecule has 0 aliphatic carbocycles. The van der Waals surface area contributed by atoms with Crippen molar-refractivity contribution in [3.8, 4) is 0 Å². The van der Waals surface area contributed by atoms with Gasteiger partial charge in [0, 0.05) is 0 Å². The van der Waals surface area contributed by atoms with Gasteiger partial charge in [-0.1, -0.05) is 6.92 Å². The molecule has 0 radical (unpaired) electrons. The average molecular weight is 210 g/mol. The molecule has 0 amide bonds. The third kappa shape index (κ3) is 2.04. The van der Waals surface area contributed by atoms with Crippen molar-refractivity contribution in [1.29, 1.82) is 5.41 Å². The maximum absolute atomic E-state index is 7.49. The Hall–Kier alpha value is -1.10. The highest BCUT2D eigenvalue weighted by atomic mass is 32.2. The number of amidine groups is 1. The van der Waals surface area contributed by atoms with Gasteiger partial charge in [0.25, 0.3) is 0 Å². The normalized spacial score (nSPS) is 10.2. The van der Waals surface area contributed by atoms with Crippen molar-refractivity contribution < 1.29 is 0 Å². The van der Waals surface area contributed by atoms with Gasteiger partial charge in [0.2, 0.25) is 0 Å². The van der Waals surface area contributed by atoms with E-state index in [1.807, 2.05) is 20.8 Å². The average Bonchev–Trinajstić information content (AvgIpc) is 2.11. The third-order valence-corrected chi connectivity index (χ3v) is 2.82. The van der Waals surface area contributed by atoms with Gasteiger partial charge in [0.05, 0.1) is 11.3 Å². The first-order valence-corrected chi connectivity index (χ1v) is 5.37. The Morgan fingerprint density at radius 3 is 2.57 bits per heavy atom. The van der Waals surface area contributed by atoms with Crippen LogP contribution in [-0.4, -0.2) is 21.8 Å². The van der Waals surface area contributed by atoms with Crippen LogP contribution in [0.15, 0.2) is 5.03 Å². The maximum Gasteiger partial charge on any atom is 0.130 e. The summed E-state index contributed by atoms with van der Waals surface area (Å²) in [5, 5.41) is 16.3. The monoisotopic (exact) mass is 210 g/mol. The molecular weight excluding hydrogens is 196 g/mol. The molecule has 4 nitrogen and oxygen atoms in total. The van der Waals surface area contributed by atoms with E-state index in [1.165, 1.54) is 0 Å². The molecule has 76 valence electrons. The van der Waals surface area contributed by atoms with Gasteiger partial charge in [-0.2, -0.15) is 5.10 Å². The lowest BCUT2D eigenvalue weighted by Gasteiger charge is -2.09. The fourth-order valence-corrected chi connectivity index (χ4v) is 1.92. The number of aromatic nitrogens is 2. The second kappa shape index (κ2) is 4.41. The Kier molecular flexibility index (Phi) is 3.46. The van der Waals surface area contributed by atoms with Crippen LogP contribution in [0, 0.1) is 19.3 Å². The lowest BCUT2D eigenvalue weighted by molar-refractivity contribution is 0.873. The summed E-state index contributed by atoms with van der Waals surface area (Å²) in [7, 11) is 0. The Morgan fingerprint density at radius 2 is 2.07 bits per heavy atom. The Morgan fingerprint density at radius 1 is 1.43 bits per heavy atom. The molecule has 1 heterocycles. The molecule has 3 N–H and O–H groups in total. The van der Waals surface area contributed by atoms with Crippen molar-refractivity contribution in [2.45, 2.75) is 25.8 Å². The van der Waals surface area contributed by atoms with Crippen molar-refractivity contribution in [2.24, 2.45) is 5.73 Å². The second-order valence-electron chi connectivity index (χ2n) is 2.94. The van der Waals surface area contributed by atoms with Gasteiger partial charge in [-0.25, -0.2) is 0 Å². The van der Waals surface area contributed by atoms with E-state index < -0.39 is 0 Å². The lowest BCUT2D eigenvalue weighted by Crippen LogP contribution is -2.16. The molecule has 1 rings (SSSR count). The number of hydrogen-bond donors (Lipinski definition) is 2. The summed E-state index contributed by atoms with van der Waals surface area (Å²) in [6.45, 7) is 5.82. The molecular formula is C9H14N4S. The van der Waals surface area contributed by atoms with E-state index >= 15 is 0 Å². The summed E-state index contributed by atoms with van der Waals surface area (Å²) >= 11 is 1.56. The number of thioether (sulfide) groups is 1. The van der Waals surface area contributed by atoms with E-state index in [0.29, 0.717) is 0 Å². The van der Waals surface area contributed by atoms with Crippen molar-refractivity contribution in [3.63, 3.8) is 0 Å². The van der Waals surface area contributed by atoms with Crippen molar-refractivity contribution in [1.82, 2.24) is 10.2 Å². The summed E-state index contributed by atoms with van der Waals surface area (Å²) in [5.74, 6) is 0.966. The first-order valence-electron chi connectivity index (χ1n) is 4.39. The summed E-state index contributed by atoms with van der Waals surface area (Å²) in [5.41, 5.74) is 8.02. The van der Waals surface area contributed by atoms with Gasteiger partial charge < -0.3 is 5.73 Å². The number of aryl methyl sites for hydroxylation is 1. The topological polar surface area (TPSA) is 75.7 Å². The van der Waals surface area contributed by atoms with Gasteiger partial charge in [-0.05, 0) is 25.2 Å². The van der Waals surface area contributed by atoms with Crippen LogP contribution in [0.5, 0.6) is 0 Å². The molecule has 0 spiro atoms. The van der Waals surface area contributed by atoms with E-state index in [2.05, 4.69) is 10.2 Å². The highest BCUT2D eigenvalue weighted by Crippen LogP contribution is 2.22.